The molecule has 0 atom stereocenters. The van der Waals surface area contributed by atoms with Gasteiger partial charge in [0, 0.05) is 51.2 Å². The number of thiophene rings is 4. The van der Waals surface area contributed by atoms with E-state index in [0.717, 1.165) is 38.8 Å². The molecule has 42 heavy (non-hydrogen) atoms. The number of para-hydroxylation sites is 2. The summed E-state index contributed by atoms with van der Waals surface area (Å²) in [5.74, 6) is 0. The van der Waals surface area contributed by atoms with Crippen molar-refractivity contribution < 1.29 is 0 Å². The molecule has 0 aliphatic heterocycles. The smallest absolute Gasteiger partial charge is 0.0738 e. The van der Waals surface area contributed by atoms with Gasteiger partial charge in [0.05, 0.1) is 22.4 Å². The van der Waals surface area contributed by atoms with E-state index in [1.165, 1.54) is 34.8 Å². The monoisotopic (exact) mass is 610 g/mol. The van der Waals surface area contributed by atoms with Crippen LogP contribution in [0.5, 0.6) is 0 Å². The predicted octanol–water partition coefficient (Wildman–Crippen LogP) is 11.4. The van der Waals surface area contributed by atoms with Crippen molar-refractivity contribution in [3.8, 4) is 19.5 Å². The second-order valence-electron chi connectivity index (χ2n) is 9.81. The molecule has 0 radical (unpaired) electrons. The summed E-state index contributed by atoms with van der Waals surface area (Å²) < 4.78 is 0. The van der Waals surface area contributed by atoms with E-state index in [2.05, 4.69) is 132 Å². The molecule has 0 bridgehead atoms. The van der Waals surface area contributed by atoms with Crippen molar-refractivity contribution in [2.75, 3.05) is 0 Å². The van der Waals surface area contributed by atoms with Crippen LogP contribution in [-0.2, 0) is 0 Å². The van der Waals surface area contributed by atoms with Gasteiger partial charge in [0.15, 0.2) is 0 Å². The zero-order valence-corrected chi connectivity index (χ0v) is 25.5. The van der Waals surface area contributed by atoms with E-state index < -0.39 is 0 Å². The van der Waals surface area contributed by atoms with Crippen LogP contribution in [0.3, 0.4) is 0 Å². The van der Waals surface area contributed by atoms with Crippen molar-refractivity contribution in [1.29, 1.82) is 0 Å². The number of benzene rings is 2. The molecule has 200 valence electrons. The van der Waals surface area contributed by atoms with Gasteiger partial charge in [0.25, 0.3) is 0 Å². The summed E-state index contributed by atoms with van der Waals surface area (Å²) in [7, 11) is 0. The first kappa shape index (κ1) is 25.5. The van der Waals surface area contributed by atoms with Crippen LogP contribution in [0.2, 0.25) is 0 Å². The average Bonchev–Trinajstić information content (AvgIpc) is 3.87. The molecule has 6 aromatic heterocycles. The lowest BCUT2D eigenvalue weighted by molar-refractivity contribution is 1.29. The standard InChI is InChI=1S/C36H22N2S4/c1-3-9-25-23(7-1)13-15-27(37-25)35(28-16-14-24-8-2-4-10-26(24)38-28)36(33-19-17-31(41-33)29-11-5-21-39-29)34-20-18-32(42-34)30-12-6-22-40-30/h1-22H. The molecule has 0 saturated carbocycles. The number of fused-ring (bicyclic) bond motifs is 2. The predicted molar refractivity (Wildman–Crippen MR) is 184 cm³/mol. The van der Waals surface area contributed by atoms with Gasteiger partial charge < -0.3 is 0 Å². The van der Waals surface area contributed by atoms with Crippen molar-refractivity contribution in [3.63, 3.8) is 0 Å². The van der Waals surface area contributed by atoms with Crippen LogP contribution in [0.25, 0.3) is 52.5 Å². The Morgan fingerprint density at radius 3 is 1.38 bits per heavy atom. The van der Waals surface area contributed by atoms with E-state index in [4.69, 9.17) is 9.97 Å². The topological polar surface area (TPSA) is 25.8 Å². The molecule has 0 amide bonds. The Bertz CT molecular complexity index is 2040. The molecule has 0 aliphatic carbocycles. The van der Waals surface area contributed by atoms with Gasteiger partial charge in [-0.3, -0.25) is 0 Å². The fourth-order valence-corrected chi connectivity index (χ4v) is 9.09. The largest absolute Gasteiger partial charge is 0.248 e. The van der Waals surface area contributed by atoms with Crippen molar-refractivity contribution in [1.82, 2.24) is 9.97 Å². The van der Waals surface area contributed by atoms with Crippen LogP contribution in [0, 0.1) is 0 Å². The van der Waals surface area contributed by atoms with E-state index in [1.54, 1.807) is 22.7 Å². The number of rotatable bonds is 6. The fraction of sp³-hybridized carbons (Fsp3) is 0. The van der Waals surface area contributed by atoms with Gasteiger partial charge in [-0.25, -0.2) is 9.97 Å². The average molecular weight is 611 g/mol. The molecule has 0 saturated heterocycles. The Morgan fingerprint density at radius 1 is 0.405 bits per heavy atom. The zero-order chi connectivity index (χ0) is 27.9. The summed E-state index contributed by atoms with van der Waals surface area (Å²) in [4.78, 5) is 18.0. The number of hydrogen-bond acceptors (Lipinski definition) is 6. The molecular formula is C36H22N2S4. The first-order valence-electron chi connectivity index (χ1n) is 13.5. The van der Waals surface area contributed by atoms with Crippen molar-refractivity contribution in [2.24, 2.45) is 0 Å². The molecule has 2 aromatic carbocycles. The summed E-state index contributed by atoms with van der Waals surface area (Å²) >= 11 is 7.22. The molecule has 6 heterocycles. The third kappa shape index (κ3) is 4.72. The summed E-state index contributed by atoms with van der Waals surface area (Å²) in [6.07, 6.45) is 0. The summed E-state index contributed by atoms with van der Waals surface area (Å²) in [6, 6.07) is 42.9. The normalized spacial score (nSPS) is 11.3. The third-order valence-corrected chi connectivity index (χ3v) is 11.5. The lowest BCUT2D eigenvalue weighted by Gasteiger charge is -2.15. The van der Waals surface area contributed by atoms with E-state index in [9.17, 15) is 0 Å². The second-order valence-corrected chi connectivity index (χ2v) is 13.9. The van der Waals surface area contributed by atoms with Crippen LogP contribution in [0.4, 0.5) is 0 Å². The van der Waals surface area contributed by atoms with Gasteiger partial charge in [-0.05, 0) is 71.4 Å². The Hall–Kier alpha value is -4.20. The second kappa shape index (κ2) is 10.9. The van der Waals surface area contributed by atoms with Gasteiger partial charge in [-0.2, -0.15) is 0 Å². The van der Waals surface area contributed by atoms with Crippen LogP contribution < -0.4 is 0 Å². The quantitative estimate of drug-likeness (QED) is 0.187. The third-order valence-electron chi connectivity index (χ3n) is 7.19. The first-order chi connectivity index (χ1) is 20.8. The number of pyridine rings is 2. The molecule has 0 N–H and O–H groups in total. The Labute approximate surface area is 259 Å². The molecule has 0 aliphatic rings. The van der Waals surface area contributed by atoms with Crippen LogP contribution in [-0.4, -0.2) is 9.97 Å². The molecular weight excluding hydrogens is 589 g/mol. The molecule has 8 aromatic rings. The highest BCUT2D eigenvalue weighted by molar-refractivity contribution is 7.23. The molecule has 6 heteroatoms. The van der Waals surface area contributed by atoms with Gasteiger partial charge in [0.1, 0.15) is 0 Å². The number of aromatic nitrogens is 2. The maximum absolute atomic E-state index is 5.23. The Kier molecular flexibility index (Phi) is 6.62. The van der Waals surface area contributed by atoms with Gasteiger partial charge >= 0.3 is 0 Å². The fourth-order valence-electron chi connectivity index (χ4n) is 5.21. The van der Waals surface area contributed by atoms with Crippen LogP contribution in [0.15, 0.2) is 132 Å². The van der Waals surface area contributed by atoms with E-state index >= 15 is 0 Å². The lowest BCUT2D eigenvalue weighted by atomic mass is 9.96. The van der Waals surface area contributed by atoms with Crippen molar-refractivity contribution in [3.05, 3.63) is 153 Å². The summed E-state index contributed by atoms with van der Waals surface area (Å²) in [6.45, 7) is 0. The number of nitrogens with zero attached hydrogens (tertiary/aromatic N) is 2. The number of hydrogen-bond donors (Lipinski definition) is 0. The summed E-state index contributed by atoms with van der Waals surface area (Å²) in [5.41, 5.74) is 6.01. The highest BCUT2D eigenvalue weighted by Gasteiger charge is 2.22. The zero-order valence-electron chi connectivity index (χ0n) is 22.2. The SMILES string of the molecule is c1csc(-c2ccc(C(=C(c3ccc4ccccc4n3)c3ccc4ccccc4n3)c3ccc(-c4cccs4)s3)s2)c1. The summed E-state index contributed by atoms with van der Waals surface area (Å²) in [5, 5.41) is 6.53. The minimum absolute atomic E-state index is 0.920. The molecule has 8 rings (SSSR count). The molecule has 0 fully saturated rings. The van der Waals surface area contributed by atoms with Crippen molar-refractivity contribution in [2.45, 2.75) is 0 Å². The Balaban J connectivity index is 1.44. The maximum atomic E-state index is 5.23. The van der Waals surface area contributed by atoms with E-state index in [1.807, 2.05) is 22.7 Å². The van der Waals surface area contributed by atoms with Gasteiger partial charge in [0.2, 0.25) is 0 Å². The molecule has 0 unspecified atom stereocenters. The maximum Gasteiger partial charge on any atom is 0.0738 e. The van der Waals surface area contributed by atoms with Gasteiger partial charge in [-0.15, -0.1) is 45.3 Å². The van der Waals surface area contributed by atoms with E-state index in [-0.39, 0.29) is 0 Å². The lowest BCUT2D eigenvalue weighted by Crippen LogP contribution is -2.00. The minimum atomic E-state index is 0.920. The van der Waals surface area contributed by atoms with E-state index in [0.29, 0.717) is 0 Å². The highest BCUT2D eigenvalue weighted by Crippen LogP contribution is 2.45. The van der Waals surface area contributed by atoms with Gasteiger partial charge in [-0.1, -0.05) is 60.7 Å². The highest BCUT2D eigenvalue weighted by atomic mass is 32.1. The minimum Gasteiger partial charge on any atom is -0.248 e. The van der Waals surface area contributed by atoms with Crippen molar-refractivity contribution >= 4 is 78.3 Å². The van der Waals surface area contributed by atoms with Crippen LogP contribution in [0.1, 0.15) is 21.1 Å². The molecule has 2 nitrogen and oxygen atoms in total. The Morgan fingerprint density at radius 2 is 0.905 bits per heavy atom. The molecule has 0 spiro atoms. The first-order valence-corrected chi connectivity index (χ1v) is 16.9. The van der Waals surface area contributed by atoms with Crippen LogP contribution >= 0.6 is 45.3 Å².